The molecule has 0 bridgehead atoms. The van der Waals surface area contributed by atoms with Gasteiger partial charge in [0.15, 0.2) is 0 Å². The second-order valence-electron chi connectivity index (χ2n) is 5.04. The Labute approximate surface area is 125 Å². The minimum atomic E-state index is -0.115. The number of benzene rings is 1. The van der Waals surface area contributed by atoms with Gasteiger partial charge in [-0.2, -0.15) is 0 Å². The molecule has 2 N–H and O–H groups in total. The number of anilines is 1. The average molecular weight is 287 g/mol. The van der Waals surface area contributed by atoms with Gasteiger partial charge < -0.3 is 15.5 Å². The quantitative estimate of drug-likeness (QED) is 0.617. The zero-order chi connectivity index (χ0) is 15.1. The molecule has 2 rings (SSSR count). The molecule has 112 valence electrons. The highest BCUT2D eigenvalue weighted by molar-refractivity contribution is 5.96. The van der Waals surface area contributed by atoms with E-state index in [0.29, 0.717) is 17.8 Å². The van der Waals surface area contributed by atoms with Crippen molar-refractivity contribution in [3.8, 4) is 0 Å². The van der Waals surface area contributed by atoms with Crippen LogP contribution in [0, 0.1) is 0 Å². The van der Waals surface area contributed by atoms with Gasteiger partial charge in [0.05, 0.1) is 6.54 Å². The topological polar surface area (TPSA) is 61.4 Å². The Kier molecular flexibility index (Phi) is 5.51. The largest absolute Gasteiger partial charge is 0.339 e. The minimum absolute atomic E-state index is 0.0676. The fraction of sp³-hybridized carbons (Fsp3) is 0.375. The normalized spacial score (nSPS) is 14.0. The Balaban J connectivity index is 1.87. The number of nitrogens with one attached hydrogen (secondary N) is 2. The fourth-order valence-electron chi connectivity index (χ4n) is 2.29. The van der Waals surface area contributed by atoms with Crippen LogP contribution in [0.3, 0.4) is 0 Å². The molecule has 1 saturated heterocycles. The Morgan fingerprint density at radius 3 is 2.48 bits per heavy atom. The van der Waals surface area contributed by atoms with Gasteiger partial charge in [-0.05, 0) is 37.1 Å². The van der Waals surface area contributed by atoms with E-state index in [-0.39, 0.29) is 18.4 Å². The third kappa shape index (κ3) is 4.43. The van der Waals surface area contributed by atoms with Crippen LogP contribution in [0.15, 0.2) is 36.9 Å². The van der Waals surface area contributed by atoms with Crippen molar-refractivity contribution in [2.24, 2.45) is 0 Å². The highest BCUT2D eigenvalue weighted by Crippen LogP contribution is 2.15. The van der Waals surface area contributed by atoms with Crippen molar-refractivity contribution in [3.05, 3.63) is 42.5 Å². The zero-order valence-electron chi connectivity index (χ0n) is 12.1. The maximum Gasteiger partial charge on any atom is 0.253 e. The van der Waals surface area contributed by atoms with E-state index in [1.54, 1.807) is 30.3 Å². The summed E-state index contributed by atoms with van der Waals surface area (Å²) in [5, 5.41) is 5.71. The predicted octanol–water partition coefficient (Wildman–Crippen LogP) is 1.64. The maximum absolute atomic E-state index is 12.2. The molecule has 0 aliphatic carbocycles. The summed E-state index contributed by atoms with van der Waals surface area (Å²) in [4.78, 5) is 25.7. The summed E-state index contributed by atoms with van der Waals surface area (Å²) in [5.41, 5.74) is 1.36. The van der Waals surface area contributed by atoms with Gasteiger partial charge in [-0.1, -0.05) is 6.08 Å². The van der Waals surface area contributed by atoms with Crippen LogP contribution in [-0.4, -0.2) is 42.9 Å². The van der Waals surface area contributed by atoms with E-state index in [2.05, 4.69) is 17.2 Å². The van der Waals surface area contributed by atoms with Crippen molar-refractivity contribution in [3.63, 3.8) is 0 Å². The number of likely N-dealkylation sites (tertiary alicyclic amines) is 1. The van der Waals surface area contributed by atoms with Gasteiger partial charge >= 0.3 is 0 Å². The lowest BCUT2D eigenvalue weighted by atomic mass is 10.2. The number of hydrogen-bond acceptors (Lipinski definition) is 3. The van der Waals surface area contributed by atoms with Crippen LogP contribution in [0.2, 0.25) is 0 Å². The summed E-state index contributed by atoms with van der Waals surface area (Å²) in [5.74, 6) is -0.0477. The first-order valence-electron chi connectivity index (χ1n) is 7.21. The molecule has 0 atom stereocenters. The second kappa shape index (κ2) is 7.59. The lowest BCUT2D eigenvalue weighted by Gasteiger charge is -2.15. The van der Waals surface area contributed by atoms with E-state index in [1.807, 2.05) is 4.90 Å². The van der Waals surface area contributed by atoms with Crippen molar-refractivity contribution in [1.82, 2.24) is 10.2 Å². The molecule has 21 heavy (non-hydrogen) atoms. The monoisotopic (exact) mass is 287 g/mol. The van der Waals surface area contributed by atoms with Gasteiger partial charge in [-0.25, -0.2) is 0 Å². The van der Waals surface area contributed by atoms with Gasteiger partial charge in [0, 0.05) is 30.9 Å². The van der Waals surface area contributed by atoms with Crippen LogP contribution in [-0.2, 0) is 4.79 Å². The summed E-state index contributed by atoms with van der Waals surface area (Å²) in [6, 6.07) is 7.03. The smallest absolute Gasteiger partial charge is 0.253 e. The summed E-state index contributed by atoms with van der Waals surface area (Å²) in [6.45, 7) is 6.08. The molecule has 1 heterocycles. The summed E-state index contributed by atoms with van der Waals surface area (Å²) < 4.78 is 0. The molecule has 5 heteroatoms. The molecule has 2 amide bonds. The fourth-order valence-corrected chi connectivity index (χ4v) is 2.29. The molecule has 0 radical (unpaired) electrons. The first-order valence-corrected chi connectivity index (χ1v) is 7.21. The molecule has 0 unspecified atom stereocenters. The second-order valence-corrected chi connectivity index (χ2v) is 5.04. The highest BCUT2D eigenvalue weighted by atomic mass is 16.2. The molecule has 5 nitrogen and oxygen atoms in total. The van der Waals surface area contributed by atoms with Crippen molar-refractivity contribution in [1.29, 1.82) is 0 Å². The Morgan fingerprint density at radius 2 is 1.86 bits per heavy atom. The minimum Gasteiger partial charge on any atom is -0.339 e. The standard InChI is InChI=1S/C16H21N3O2/c1-2-9-17-12-15(20)18-14-7-5-13(6-8-14)16(21)19-10-3-4-11-19/h2,5-8,17H,1,3-4,9-12H2,(H,18,20). The third-order valence-electron chi connectivity index (χ3n) is 3.38. The Hall–Kier alpha value is -2.14. The molecule has 1 aliphatic heterocycles. The molecule has 1 fully saturated rings. The molecule has 0 aromatic heterocycles. The maximum atomic E-state index is 12.2. The molecule has 1 aliphatic rings. The third-order valence-corrected chi connectivity index (χ3v) is 3.38. The summed E-state index contributed by atoms with van der Waals surface area (Å²) in [7, 11) is 0. The zero-order valence-corrected chi connectivity index (χ0v) is 12.1. The first kappa shape index (κ1) is 15.3. The number of nitrogens with zero attached hydrogens (tertiary/aromatic N) is 1. The molecular formula is C16H21N3O2. The Bertz CT molecular complexity index is 505. The summed E-state index contributed by atoms with van der Waals surface area (Å²) in [6.07, 6.45) is 3.86. The van der Waals surface area contributed by atoms with Crippen LogP contribution in [0.25, 0.3) is 0 Å². The van der Waals surface area contributed by atoms with Crippen molar-refractivity contribution >= 4 is 17.5 Å². The van der Waals surface area contributed by atoms with Gasteiger partial charge in [0.25, 0.3) is 5.91 Å². The SMILES string of the molecule is C=CCNCC(=O)Nc1ccc(C(=O)N2CCCC2)cc1. The number of rotatable bonds is 6. The molecule has 0 saturated carbocycles. The molecule has 0 spiro atoms. The van der Waals surface area contributed by atoms with E-state index in [0.717, 1.165) is 25.9 Å². The number of carbonyl (C=O) groups excluding carboxylic acids is 2. The van der Waals surface area contributed by atoms with Crippen molar-refractivity contribution < 1.29 is 9.59 Å². The highest BCUT2D eigenvalue weighted by Gasteiger charge is 2.19. The number of carbonyl (C=O) groups is 2. The van der Waals surface area contributed by atoms with E-state index < -0.39 is 0 Å². The van der Waals surface area contributed by atoms with Crippen molar-refractivity contribution in [2.45, 2.75) is 12.8 Å². The van der Waals surface area contributed by atoms with Gasteiger partial charge in [0.1, 0.15) is 0 Å². The lowest BCUT2D eigenvalue weighted by molar-refractivity contribution is -0.115. The van der Waals surface area contributed by atoms with Gasteiger partial charge in [0.2, 0.25) is 5.91 Å². The first-order chi connectivity index (χ1) is 10.2. The number of hydrogen-bond donors (Lipinski definition) is 2. The average Bonchev–Trinajstić information content (AvgIpc) is 3.02. The molecular weight excluding hydrogens is 266 g/mol. The molecule has 1 aromatic carbocycles. The van der Waals surface area contributed by atoms with Crippen LogP contribution in [0.1, 0.15) is 23.2 Å². The van der Waals surface area contributed by atoms with Crippen LogP contribution in [0.5, 0.6) is 0 Å². The van der Waals surface area contributed by atoms with Crippen LogP contribution in [0.4, 0.5) is 5.69 Å². The van der Waals surface area contributed by atoms with Gasteiger partial charge in [-0.3, -0.25) is 9.59 Å². The van der Waals surface area contributed by atoms with E-state index in [1.165, 1.54) is 0 Å². The summed E-state index contributed by atoms with van der Waals surface area (Å²) >= 11 is 0. The predicted molar refractivity (Wildman–Crippen MR) is 83.3 cm³/mol. The lowest BCUT2D eigenvalue weighted by Crippen LogP contribution is -2.28. The van der Waals surface area contributed by atoms with Crippen LogP contribution >= 0.6 is 0 Å². The Morgan fingerprint density at radius 1 is 1.19 bits per heavy atom. The van der Waals surface area contributed by atoms with Crippen molar-refractivity contribution in [2.75, 3.05) is 31.5 Å². The molecule has 1 aromatic rings. The van der Waals surface area contributed by atoms with Gasteiger partial charge in [-0.15, -0.1) is 6.58 Å². The number of amides is 2. The van der Waals surface area contributed by atoms with E-state index >= 15 is 0 Å². The van der Waals surface area contributed by atoms with E-state index in [4.69, 9.17) is 0 Å². The van der Waals surface area contributed by atoms with Crippen LogP contribution < -0.4 is 10.6 Å². The van der Waals surface area contributed by atoms with E-state index in [9.17, 15) is 9.59 Å².